The van der Waals surface area contributed by atoms with E-state index in [1.165, 1.54) is 0 Å². The molecule has 0 spiro atoms. The predicted octanol–water partition coefficient (Wildman–Crippen LogP) is 1.93. The summed E-state index contributed by atoms with van der Waals surface area (Å²) in [5, 5.41) is 0.990. The van der Waals surface area contributed by atoms with Crippen LogP contribution < -0.4 is 11.5 Å². The summed E-state index contributed by atoms with van der Waals surface area (Å²) in [4.78, 5) is 11.7. The van der Waals surface area contributed by atoms with Crippen molar-refractivity contribution in [2.75, 3.05) is 11.5 Å². The molecular formula is C10H9Cl2N5. The van der Waals surface area contributed by atoms with E-state index in [1.54, 1.807) is 12.1 Å². The Balaban J connectivity index is 2.28. The second-order valence-corrected chi connectivity index (χ2v) is 4.21. The van der Waals surface area contributed by atoms with E-state index in [2.05, 4.69) is 15.0 Å². The van der Waals surface area contributed by atoms with Crippen molar-refractivity contribution in [2.45, 2.75) is 6.42 Å². The van der Waals surface area contributed by atoms with E-state index >= 15 is 0 Å². The Morgan fingerprint density at radius 2 is 1.59 bits per heavy atom. The Bertz CT molecular complexity index is 538. The molecule has 0 bridgehead atoms. The second kappa shape index (κ2) is 4.73. The summed E-state index contributed by atoms with van der Waals surface area (Å²) >= 11 is 11.7. The molecule has 0 saturated heterocycles. The number of rotatable bonds is 2. The van der Waals surface area contributed by atoms with Gasteiger partial charge in [0.2, 0.25) is 11.9 Å². The van der Waals surface area contributed by atoms with Gasteiger partial charge in [-0.15, -0.1) is 0 Å². The molecule has 1 heterocycles. The summed E-state index contributed by atoms with van der Waals surface area (Å²) in [6.45, 7) is 0. The molecule has 4 N–H and O–H groups in total. The molecule has 0 unspecified atom stereocenters. The van der Waals surface area contributed by atoms with Crippen LogP contribution in [0.2, 0.25) is 10.0 Å². The number of benzene rings is 1. The summed E-state index contributed by atoms with van der Waals surface area (Å²) in [6, 6.07) is 5.30. The number of nitrogens with zero attached hydrogens (tertiary/aromatic N) is 3. The van der Waals surface area contributed by atoms with E-state index in [9.17, 15) is 0 Å². The van der Waals surface area contributed by atoms with Gasteiger partial charge in [0.25, 0.3) is 0 Å². The summed E-state index contributed by atoms with van der Waals surface area (Å²) in [5.41, 5.74) is 11.9. The zero-order valence-electron chi connectivity index (χ0n) is 8.69. The molecule has 1 aromatic heterocycles. The van der Waals surface area contributed by atoms with E-state index < -0.39 is 0 Å². The van der Waals surface area contributed by atoms with Gasteiger partial charge in [0.1, 0.15) is 5.82 Å². The van der Waals surface area contributed by atoms with E-state index in [0.717, 1.165) is 5.56 Å². The minimum Gasteiger partial charge on any atom is -0.368 e. The van der Waals surface area contributed by atoms with Crippen LogP contribution in [0.15, 0.2) is 18.2 Å². The number of nitrogens with two attached hydrogens (primary N) is 2. The average Bonchev–Trinajstić information content (AvgIpc) is 2.22. The lowest BCUT2D eigenvalue weighted by Crippen LogP contribution is -2.07. The largest absolute Gasteiger partial charge is 0.368 e. The number of hydrogen-bond acceptors (Lipinski definition) is 5. The Morgan fingerprint density at radius 3 is 2.18 bits per heavy atom. The van der Waals surface area contributed by atoms with Gasteiger partial charge in [0.15, 0.2) is 0 Å². The number of aromatic nitrogens is 3. The number of hydrogen-bond donors (Lipinski definition) is 2. The first kappa shape index (κ1) is 11.9. The van der Waals surface area contributed by atoms with Crippen LogP contribution in [0.5, 0.6) is 0 Å². The molecular weight excluding hydrogens is 261 g/mol. The normalized spacial score (nSPS) is 10.5. The van der Waals surface area contributed by atoms with Gasteiger partial charge in [-0.05, 0) is 17.7 Å². The van der Waals surface area contributed by atoms with Crippen molar-refractivity contribution in [1.82, 2.24) is 15.0 Å². The molecule has 0 amide bonds. The highest BCUT2D eigenvalue weighted by atomic mass is 35.5. The lowest BCUT2D eigenvalue weighted by atomic mass is 10.1. The lowest BCUT2D eigenvalue weighted by Gasteiger charge is -2.03. The maximum atomic E-state index is 5.91. The highest BCUT2D eigenvalue weighted by Gasteiger charge is 2.05. The molecule has 88 valence electrons. The van der Waals surface area contributed by atoms with E-state index in [0.29, 0.717) is 22.3 Å². The van der Waals surface area contributed by atoms with Gasteiger partial charge in [-0.25, -0.2) is 0 Å². The van der Waals surface area contributed by atoms with Gasteiger partial charge in [-0.2, -0.15) is 15.0 Å². The highest BCUT2D eigenvalue weighted by molar-refractivity contribution is 6.42. The first-order chi connectivity index (χ1) is 8.04. The third-order valence-electron chi connectivity index (χ3n) is 2.06. The highest BCUT2D eigenvalue weighted by Crippen LogP contribution is 2.23. The smallest absolute Gasteiger partial charge is 0.225 e. The molecule has 0 saturated carbocycles. The van der Waals surface area contributed by atoms with Crippen LogP contribution in [0, 0.1) is 0 Å². The Hall–Kier alpha value is -1.59. The third-order valence-corrected chi connectivity index (χ3v) is 2.80. The molecule has 0 atom stereocenters. The Kier molecular flexibility index (Phi) is 3.31. The van der Waals surface area contributed by atoms with E-state index in [1.807, 2.05) is 6.07 Å². The molecule has 0 fully saturated rings. The molecule has 0 aliphatic rings. The van der Waals surface area contributed by atoms with Crippen LogP contribution in [0.25, 0.3) is 0 Å². The summed E-state index contributed by atoms with van der Waals surface area (Å²) in [7, 11) is 0. The maximum absolute atomic E-state index is 5.91. The molecule has 0 radical (unpaired) electrons. The molecule has 7 heteroatoms. The fraction of sp³-hybridized carbons (Fsp3) is 0.100. The standard InChI is InChI=1S/C10H9Cl2N5/c11-6-2-1-5(3-7(6)12)4-8-15-9(13)17-10(14)16-8/h1-3H,4H2,(H4,13,14,15,16,17). The van der Waals surface area contributed by atoms with Crippen molar-refractivity contribution in [3.05, 3.63) is 39.6 Å². The molecule has 2 aromatic rings. The van der Waals surface area contributed by atoms with Gasteiger partial charge < -0.3 is 11.5 Å². The zero-order chi connectivity index (χ0) is 12.4. The topological polar surface area (TPSA) is 90.7 Å². The Morgan fingerprint density at radius 1 is 0.941 bits per heavy atom. The number of anilines is 2. The number of nitrogen functional groups attached to an aromatic ring is 2. The van der Waals surface area contributed by atoms with Gasteiger partial charge in [-0.3, -0.25) is 0 Å². The van der Waals surface area contributed by atoms with Crippen molar-refractivity contribution in [3.63, 3.8) is 0 Å². The average molecular weight is 270 g/mol. The quantitative estimate of drug-likeness (QED) is 0.870. The summed E-state index contributed by atoms with van der Waals surface area (Å²) in [5.74, 6) is 0.702. The van der Waals surface area contributed by atoms with Crippen molar-refractivity contribution >= 4 is 35.1 Å². The Labute approximate surface area is 108 Å². The van der Waals surface area contributed by atoms with Gasteiger partial charge in [0.05, 0.1) is 10.0 Å². The minimum atomic E-state index is 0.104. The molecule has 17 heavy (non-hydrogen) atoms. The van der Waals surface area contributed by atoms with Crippen molar-refractivity contribution in [1.29, 1.82) is 0 Å². The van der Waals surface area contributed by atoms with E-state index in [-0.39, 0.29) is 11.9 Å². The first-order valence-electron chi connectivity index (χ1n) is 4.74. The lowest BCUT2D eigenvalue weighted by molar-refractivity contribution is 0.939. The molecule has 0 aliphatic heterocycles. The van der Waals surface area contributed by atoms with Crippen LogP contribution in [0.3, 0.4) is 0 Å². The summed E-state index contributed by atoms with van der Waals surface area (Å²) < 4.78 is 0. The van der Waals surface area contributed by atoms with Gasteiger partial charge >= 0.3 is 0 Å². The van der Waals surface area contributed by atoms with Gasteiger partial charge in [-0.1, -0.05) is 29.3 Å². The van der Waals surface area contributed by atoms with Crippen LogP contribution in [0.4, 0.5) is 11.9 Å². The van der Waals surface area contributed by atoms with Crippen LogP contribution in [0.1, 0.15) is 11.4 Å². The number of halogens is 2. The van der Waals surface area contributed by atoms with Crippen molar-refractivity contribution in [3.8, 4) is 0 Å². The fourth-order valence-corrected chi connectivity index (χ4v) is 1.69. The first-order valence-corrected chi connectivity index (χ1v) is 5.50. The van der Waals surface area contributed by atoms with Gasteiger partial charge in [0, 0.05) is 6.42 Å². The van der Waals surface area contributed by atoms with Crippen LogP contribution >= 0.6 is 23.2 Å². The SMILES string of the molecule is Nc1nc(N)nc(Cc2ccc(Cl)c(Cl)c2)n1. The molecule has 1 aromatic carbocycles. The summed E-state index contributed by atoms with van der Waals surface area (Å²) in [6.07, 6.45) is 0.466. The third kappa shape index (κ3) is 2.95. The van der Waals surface area contributed by atoms with Crippen molar-refractivity contribution in [2.24, 2.45) is 0 Å². The second-order valence-electron chi connectivity index (χ2n) is 3.39. The van der Waals surface area contributed by atoms with Crippen LogP contribution in [-0.4, -0.2) is 15.0 Å². The molecule has 0 aliphatic carbocycles. The molecule has 5 nitrogen and oxygen atoms in total. The minimum absolute atomic E-state index is 0.104. The monoisotopic (exact) mass is 269 g/mol. The van der Waals surface area contributed by atoms with Crippen molar-refractivity contribution < 1.29 is 0 Å². The van der Waals surface area contributed by atoms with E-state index in [4.69, 9.17) is 34.7 Å². The van der Waals surface area contributed by atoms with Crippen LogP contribution in [-0.2, 0) is 6.42 Å². The predicted molar refractivity (Wildman–Crippen MR) is 67.9 cm³/mol. The fourth-order valence-electron chi connectivity index (χ4n) is 1.37. The maximum Gasteiger partial charge on any atom is 0.225 e. The zero-order valence-corrected chi connectivity index (χ0v) is 10.2. The molecule has 2 rings (SSSR count).